The number of thiazole rings is 1. The highest BCUT2D eigenvalue weighted by Gasteiger charge is 2.27. The van der Waals surface area contributed by atoms with E-state index in [0.717, 1.165) is 4.70 Å². The number of fused-ring (bicyclic) bond motifs is 1. The van der Waals surface area contributed by atoms with Crippen LogP contribution in [0.2, 0.25) is 5.02 Å². The number of carbonyl (C=O) groups is 1. The van der Waals surface area contributed by atoms with Gasteiger partial charge >= 0.3 is 0 Å². The third-order valence-electron chi connectivity index (χ3n) is 5.76. The summed E-state index contributed by atoms with van der Waals surface area (Å²) >= 11 is 7.71. The summed E-state index contributed by atoms with van der Waals surface area (Å²) in [6.45, 7) is 9.05. The van der Waals surface area contributed by atoms with Crippen LogP contribution in [0.15, 0.2) is 71.8 Å². The summed E-state index contributed by atoms with van der Waals surface area (Å²) in [7, 11) is -3.70. The summed E-state index contributed by atoms with van der Waals surface area (Å²) in [5.74, 6) is 0.0645. The van der Waals surface area contributed by atoms with E-state index in [-0.39, 0.29) is 29.2 Å². The Morgan fingerprint density at radius 2 is 1.63 bits per heavy atom. The second kappa shape index (κ2) is 11.9. The zero-order valence-electron chi connectivity index (χ0n) is 21.8. The first-order chi connectivity index (χ1) is 18.1. The van der Waals surface area contributed by atoms with Crippen molar-refractivity contribution in [3.05, 3.63) is 83.1 Å². The SMILES string of the molecule is CC(C)CN(CC(C)C)S(=O)(=O)c1ccc(C(=O)N(Cc2ccccn2)c2nc3c(Cl)cccc3s2)cc1. The maximum Gasteiger partial charge on any atom is 0.260 e. The van der Waals surface area contributed by atoms with Crippen molar-refractivity contribution in [2.75, 3.05) is 18.0 Å². The van der Waals surface area contributed by atoms with Crippen molar-refractivity contribution in [3.63, 3.8) is 0 Å². The van der Waals surface area contributed by atoms with Crippen LogP contribution in [0.4, 0.5) is 5.13 Å². The molecule has 0 bridgehead atoms. The lowest BCUT2D eigenvalue weighted by atomic mass is 10.2. The summed E-state index contributed by atoms with van der Waals surface area (Å²) in [6.07, 6.45) is 1.67. The second-order valence-corrected chi connectivity index (χ2v) is 13.3. The number of aromatic nitrogens is 2. The van der Waals surface area contributed by atoms with Crippen LogP contribution >= 0.6 is 22.9 Å². The van der Waals surface area contributed by atoms with E-state index in [1.165, 1.54) is 27.8 Å². The average molecular weight is 571 g/mol. The van der Waals surface area contributed by atoms with Crippen LogP contribution in [0.25, 0.3) is 10.2 Å². The van der Waals surface area contributed by atoms with Gasteiger partial charge in [0.2, 0.25) is 10.0 Å². The lowest BCUT2D eigenvalue weighted by Gasteiger charge is -2.26. The van der Waals surface area contributed by atoms with Crippen LogP contribution in [0.3, 0.4) is 0 Å². The molecule has 0 saturated heterocycles. The number of hydrogen-bond donors (Lipinski definition) is 0. The molecular formula is C28H31ClN4O3S2. The first-order valence-corrected chi connectivity index (χ1v) is 15.1. The lowest BCUT2D eigenvalue weighted by molar-refractivity contribution is 0.0984. The van der Waals surface area contributed by atoms with Crippen molar-refractivity contribution in [1.29, 1.82) is 0 Å². The number of benzene rings is 2. The van der Waals surface area contributed by atoms with E-state index in [4.69, 9.17) is 11.6 Å². The van der Waals surface area contributed by atoms with Crippen LogP contribution in [0.1, 0.15) is 43.7 Å². The Kier molecular flexibility index (Phi) is 8.82. The van der Waals surface area contributed by atoms with E-state index in [0.29, 0.717) is 40.0 Å². The molecule has 10 heteroatoms. The molecule has 0 atom stereocenters. The maximum atomic E-state index is 13.8. The van der Waals surface area contributed by atoms with Gasteiger partial charge in [-0.05, 0) is 60.4 Å². The molecule has 38 heavy (non-hydrogen) atoms. The van der Waals surface area contributed by atoms with Gasteiger partial charge in [-0.15, -0.1) is 0 Å². The summed E-state index contributed by atoms with van der Waals surface area (Å²) in [4.78, 5) is 24.5. The quantitative estimate of drug-likeness (QED) is 0.217. The number of halogens is 1. The number of anilines is 1. The lowest BCUT2D eigenvalue weighted by Crippen LogP contribution is -2.37. The van der Waals surface area contributed by atoms with E-state index >= 15 is 0 Å². The number of para-hydroxylation sites is 1. The summed E-state index contributed by atoms with van der Waals surface area (Å²) in [5, 5.41) is 0.998. The Balaban J connectivity index is 1.67. The highest BCUT2D eigenvalue weighted by molar-refractivity contribution is 7.89. The minimum atomic E-state index is -3.70. The molecule has 0 aliphatic rings. The highest BCUT2D eigenvalue weighted by atomic mass is 35.5. The predicted molar refractivity (Wildman–Crippen MR) is 154 cm³/mol. The molecule has 0 spiro atoms. The number of sulfonamides is 1. The number of carbonyl (C=O) groups excluding carboxylic acids is 1. The van der Waals surface area contributed by atoms with Crippen molar-refractivity contribution in [1.82, 2.24) is 14.3 Å². The van der Waals surface area contributed by atoms with Gasteiger partial charge in [0.25, 0.3) is 5.91 Å². The minimum Gasteiger partial charge on any atom is -0.278 e. The summed E-state index contributed by atoms with van der Waals surface area (Å²) < 4.78 is 29.2. The molecule has 1 amide bonds. The van der Waals surface area contributed by atoms with Gasteiger partial charge in [0.15, 0.2) is 5.13 Å². The predicted octanol–water partition coefficient (Wildman–Crippen LogP) is 6.49. The molecule has 0 unspecified atom stereocenters. The molecule has 200 valence electrons. The van der Waals surface area contributed by atoms with Crippen LogP contribution in [0, 0.1) is 11.8 Å². The molecule has 4 rings (SSSR count). The van der Waals surface area contributed by atoms with Gasteiger partial charge in [0.1, 0.15) is 5.52 Å². The Hall–Kier alpha value is -2.85. The molecule has 7 nitrogen and oxygen atoms in total. The minimum absolute atomic E-state index is 0.165. The molecule has 0 aliphatic heterocycles. The van der Waals surface area contributed by atoms with Crippen molar-refractivity contribution in [3.8, 4) is 0 Å². The number of hydrogen-bond acceptors (Lipinski definition) is 6. The van der Waals surface area contributed by atoms with E-state index in [1.54, 1.807) is 29.3 Å². The van der Waals surface area contributed by atoms with Crippen molar-refractivity contribution in [2.24, 2.45) is 11.8 Å². The van der Waals surface area contributed by atoms with Crippen LogP contribution in [-0.2, 0) is 16.6 Å². The van der Waals surface area contributed by atoms with Crippen molar-refractivity contribution in [2.45, 2.75) is 39.1 Å². The first kappa shape index (κ1) is 28.2. The van der Waals surface area contributed by atoms with E-state index < -0.39 is 10.0 Å². The summed E-state index contributed by atoms with van der Waals surface area (Å²) in [5.41, 5.74) is 1.68. The topological polar surface area (TPSA) is 83.5 Å². The zero-order valence-corrected chi connectivity index (χ0v) is 24.2. The maximum absolute atomic E-state index is 13.8. The average Bonchev–Trinajstić information content (AvgIpc) is 3.32. The fraction of sp³-hybridized carbons (Fsp3) is 0.321. The number of nitrogens with zero attached hydrogens (tertiary/aromatic N) is 4. The third kappa shape index (κ3) is 6.40. The van der Waals surface area contributed by atoms with Gasteiger partial charge in [-0.1, -0.05) is 62.8 Å². The summed E-state index contributed by atoms with van der Waals surface area (Å²) in [6, 6.07) is 17.2. The molecular weight excluding hydrogens is 540 g/mol. The molecule has 0 aliphatic carbocycles. The fourth-order valence-electron chi connectivity index (χ4n) is 4.06. The Morgan fingerprint density at radius 1 is 0.947 bits per heavy atom. The zero-order chi connectivity index (χ0) is 27.4. The number of rotatable bonds is 10. The van der Waals surface area contributed by atoms with E-state index in [2.05, 4.69) is 9.97 Å². The van der Waals surface area contributed by atoms with Crippen molar-refractivity contribution < 1.29 is 13.2 Å². The third-order valence-corrected chi connectivity index (χ3v) is 8.95. The molecule has 0 radical (unpaired) electrons. The van der Waals surface area contributed by atoms with Gasteiger partial charge in [-0.2, -0.15) is 4.31 Å². The normalized spacial score (nSPS) is 12.1. The smallest absolute Gasteiger partial charge is 0.260 e. The van der Waals surface area contributed by atoms with Gasteiger partial charge in [-0.25, -0.2) is 13.4 Å². The van der Waals surface area contributed by atoms with Gasteiger partial charge in [0, 0.05) is 24.8 Å². The molecule has 0 fully saturated rings. The monoisotopic (exact) mass is 570 g/mol. The Bertz CT molecular complexity index is 1490. The first-order valence-electron chi connectivity index (χ1n) is 12.4. The number of pyridine rings is 1. The fourth-order valence-corrected chi connectivity index (χ4v) is 7.09. The van der Waals surface area contributed by atoms with Gasteiger partial charge in [0.05, 0.1) is 26.9 Å². The Morgan fingerprint density at radius 3 is 2.21 bits per heavy atom. The van der Waals surface area contributed by atoms with E-state index in [9.17, 15) is 13.2 Å². The van der Waals surface area contributed by atoms with Gasteiger partial charge < -0.3 is 0 Å². The van der Waals surface area contributed by atoms with E-state index in [1.807, 2.05) is 58.0 Å². The molecule has 2 aromatic carbocycles. The molecule has 4 aromatic rings. The highest BCUT2D eigenvalue weighted by Crippen LogP contribution is 2.34. The molecule has 2 heterocycles. The largest absolute Gasteiger partial charge is 0.278 e. The van der Waals surface area contributed by atoms with Gasteiger partial charge in [-0.3, -0.25) is 14.7 Å². The van der Waals surface area contributed by atoms with Crippen molar-refractivity contribution >= 4 is 54.2 Å². The van der Waals surface area contributed by atoms with Crippen LogP contribution in [0.5, 0.6) is 0 Å². The van der Waals surface area contributed by atoms with Crippen LogP contribution in [-0.4, -0.2) is 41.7 Å². The van der Waals surface area contributed by atoms with Crippen LogP contribution < -0.4 is 4.90 Å². The standard InChI is InChI=1S/C28H31ClN4O3S2/c1-19(2)16-32(17-20(3)4)38(35,36)23-13-11-21(12-14-23)27(34)33(18-22-8-5-6-15-30-22)28-31-26-24(29)9-7-10-25(26)37-28/h5-15,19-20H,16-18H2,1-4H3. The second-order valence-electron chi connectivity index (χ2n) is 9.93. The number of amides is 1. The Labute approximate surface area is 233 Å². The molecule has 0 N–H and O–H groups in total. The molecule has 0 saturated carbocycles. The molecule has 2 aromatic heterocycles.